The Morgan fingerprint density at radius 2 is 2.13 bits per heavy atom. The highest BCUT2D eigenvalue weighted by molar-refractivity contribution is 5.75. The van der Waals surface area contributed by atoms with Crippen molar-refractivity contribution >= 4 is 5.91 Å². The average molecular weight is 316 g/mol. The number of hydrogen-bond donors (Lipinski definition) is 0. The van der Waals surface area contributed by atoms with Gasteiger partial charge in [-0.3, -0.25) is 9.48 Å². The number of hydrogen-bond acceptors (Lipinski definition) is 3. The molecule has 1 aliphatic heterocycles. The minimum absolute atomic E-state index is 0.222. The molecule has 1 aliphatic rings. The molecule has 0 radical (unpaired) electrons. The van der Waals surface area contributed by atoms with E-state index in [0.717, 1.165) is 43.7 Å². The standard InChI is InChI=1S/C17H21FN4O/c1-2-17(23)21-9-3-4-13(10-21)11-22-12-16(19-20-22)14-5-7-15(18)8-6-14/h5-8,12-13H,2-4,9-11H2,1H3/t13-/m1/s1. The van der Waals surface area contributed by atoms with E-state index in [9.17, 15) is 9.18 Å². The fraction of sp³-hybridized carbons (Fsp3) is 0.471. The second-order valence-electron chi connectivity index (χ2n) is 6.03. The molecule has 6 heteroatoms. The van der Waals surface area contributed by atoms with Crippen LogP contribution in [0.4, 0.5) is 4.39 Å². The molecule has 0 unspecified atom stereocenters. The summed E-state index contributed by atoms with van der Waals surface area (Å²) in [6.07, 6.45) is 4.58. The van der Waals surface area contributed by atoms with Crippen molar-refractivity contribution in [3.05, 3.63) is 36.3 Å². The van der Waals surface area contributed by atoms with Gasteiger partial charge in [-0.05, 0) is 43.0 Å². The Kier molecular flexibility index (Phi) is 4.69. The maximum absolute atomic E-state index is 13.0. The van der Waals surface area contributed by atoms with Crippen molar-refractivity contribution in [2.45, 2.75) is 32.7 Å². The summed E-state index contributed by atoms with van der Waals surface area (Å²) in [4.78, 5) is 13.8. The third kappa shape index (κ3) is 3.75. The first kappa shape index (κ1) is 15.6. The molecule has 1 aromatic carbocycles. The predicted octanol–water partition coefficient (Wildman–Crippen LogP) is 2.73. The van der Waals surface area contributed by atoms with E-state index in [2.05, 4.69) is 10.3 Å². The molecule has 5 nitrogen and oxygen atoms in total. The quantitative estimate of drug-likeness (QED) is 0.871. The van der Waals surface area contributed by atoms with Crippen molar-refractivity contribution in [2.75, 3.05) is 13.1 Å². The number of benzene rings is 1. The van der Waals surface area contributed by atoms with Crippen LogP contribution in [0.1, 0.15) is 26.2 Å². The molecule has 3 rings (SSSR count). The third-order valence-electron chi connectivity index (χ3n) is 4.30. The van der Waals surface area contributed by atoms with Crippen LogP contribution in [0, 0.1) is 11.7 Å². The molecule has 0 aliphatic carbocycles. The van der Waals surface area contributed by atoms with E-state index in [-0.39, 0.29) is 11.7 Å². The lowest BCUT2D eigenvalue weighted by Gasteiger charge is -2.32. The summed E-state index contributed by atoms with van der Waals surface area (Å²) >= 11 is 0. The van der Waals surface area contributed by atoms with E-state index in [0.29, 0.717) is 12.3 Å². The van der Waals surface area contributed by atoms with Crippen molar-refractivity contribution < 1.29 is 9.18 Å². The lowest BCUT2D eigenvalue weighted by molar-refractivity contribution is -0.132. The van der Waals surface area contributed by atoms with E-state index in [1.807, 2.05) is 22.7 Å². The van der Waals surface area contributed by atoms with Gasteiger partial charge in [0.25, 0.3) is 0 Å². The zero-order valence-corrected chi connectivity index (χ0v) is 13.3. The Bertz CT molecular complexity index is 667. The number of carbonyl (C=O) groups excluding carboxylic acids is 1. The van der Waals surface area contributed by atoms with Crippen LogP contribution < -0.4 is 0 Å². The summed E-state index contributed by atoms with van der Waals surface area (Å²) in [6.45, 7) is 4.31. The third-order valence-corrected chi connectivity index (χ3v) is 4.30. The van der Waals surface area contributed by atoms with Crippen molar-refractivity contribution in [2.24, 2.45) is 5.92 Å². The van der Waals surface area contributed by atoms with Gasteiger partial charge in [0.1, 0.15) is 11.5 Å². The summed E-state index contributed by atoms with van der Waals surface area (Å²) in [6, 6.07) is 6.24. The zero-order chi connectivity index (χ0) is 16.2. The number of amides is 1. The Balaban J connectivity index is 1.64. The molecular weight excluding hydrogens is 295 g/mol. The molecule has 2 heterocycles. The Labute approximate surface area is 135 Å². The second kappa shape index (κ2) is 6.89. The van der Waals surface area contributed by atoms with Gasteiger partial charge in [0, 0.05) is 31.6 Å². The molecule has 0 bridgehead atoms. The summed E-state index contributed by atoms with van der Waals surface area (Å²) in [7, 11) is 0. The van der Waals surface area contributed by atoms with Gasteiger partial charge < -0.3 is 4.90 Å². The topological polar surface area (TPSA) is 51.0 Å². The van der Waals surface area contributed by atoms with Crippen LogP contribution in [-0.2, 0) is 11.3 Å². The highest BCUT2D eigenvalue weighted by Gasteiger charge is 2.23. The fourth-order valence-electron chi connectivity index (χ4n) is 3.07. The van der Waals surface area contributed by atoms with E-state index < -0.39 is 0 Å². The summed E-state index contributed by atoms with van der Waals surface area (Å²) < 4.78 is 14.8. The van der Waals surface area contributed by atoms with E-state index in [4.69, 9.17) is 0 Å². The molecule has 0 saturated carbocycles. The van der Waals surface area contributed by atoms with Gasteiger partial charge in [-0.1, -0.05) is 12.1 Å². The summed E-state index contributed by atoms with van der Waals surface area (Å²) in [5, 5.41) is 8.33. The molecule has 1 aromatic heterocycles. The number of nitrogens with zero attached hydrogens (tertiary/aromatic N) is 4. The van der Waals surface area contributed by atoms with Crippen molar-refractivity contribution in [1.82, 2.24) is 19.9 Å². The molecule has 1 atom stereocenters. The molecule has 0 N–H and O–H groups in total. The van der Waals surface area contributed by atoms with Gasteiger partial charge >= 0.3 is 0 Å². The molecule has 23 heavy (non-hydrogen) atoms. The first-order chi connectivity index (χ1) is 11.2. The van der Waals surface area contributed by atoms with Crippen LogP contribution in [0.2, 0.25) is 0 Å². The molecular formula is C17H21FN4O. The highest BCUT2D eigenvalue weighted by Crippen LogP contribution is 2.20. The van der Waals surface area contributed by atoms with Crippen LogP contribution >= 0.6 is 0 Å². The molecule has 1 amide bonds. The fourth-order valence-corrected chi connectivity index (χ4v) is 3.07. The van der Waals surface area contributed by atoms with Gasteiger partial charge in [-0.2, -0.15) is 0 Å². The van der Waals surface area contributed by atoms with Crippen LogP contribution in [0.25, 0.3) is 11.3 Å². The molecule has 0 spiro atoms. The van der Waals surface area contributed by atoms with Gasteiger partial charge in [-0.15, -0.1) is 5.10 Å². The second-order valence-corrected chi connectivity index (χ2v) is 6.03. The van der Waals surface area contributed by atoms with E-state index in [1.54, 1.807) is 12.1 Å². The average Bonchev–Trinajstić information content (AvgIpc) is 3.03. The van der Waals surface area contributed by atoms with Crippen molar-refractivity contribution in [3.63, 3.8) is 0 Å². The highest BCUT2D eigenvalue weighted by atomic mass is 19.1. The maximum Gasteiger partial charge on any atom is 0.222 e. The molecule has 1 saturated heterocycles. The Morgan fingerprint density at radius 1 is 1.35 bits per heavy atom. The molecule has 122 valence electrons. The molecule has 1 fully saturated rings. The van der Waals surface area contributed by atoms with Gasteiger partial charge in [0.05, 0.1) is 6.20 Å². The predicted molar refractivity (Wildman–Crippen MR) is 85.0 cm³/mol. The lowest BCUT2D eigenvalue weighted by Crippen LogP contribution is -2.40. The van der Waals surface area contributed by atoms with Crippen LogP contribution in [0.3, 0.4) is 0 Å². The number of aromatic nitrogens is 3. The van der Waals surface area contributed by atoms with Gasteiger partial charge in [0.15, 0.2) is 0 Å². The van der Waals surface area contributed by atoms with Crippen LogP contribution in [-0.4, -0.2) is 38.9 Å². The monoisotopic (exact) mass is 316 g/mol. The number of carbonyl (C=O) groups is 1. The molecule has 2 aromatic rings. The Hall–Kier alpha value is -2.24. The van der Waals surface area contributed by atoms with E-state index >= 15 is 0 Å². The number of likely N-dealkylation sites (tertiary alicyclic amines) is 1. The zero-order valence-electron chi connectivity index (χ0n) is 13.3. The van der Waals surface area contributed by atoms with Gasteiger partial charge in [-0.25, -0.2) is 4.39 Å². The summed E-state index contributed by atoms with van der Waals surface area (Å²) in [5.41, 5.74) is 1.59. The normalized spacial score (nSPS) is 18.2. The first-order valence-electron chi connectivity index (χ1n) is 8.09. The number of rotatable bonds is 4. The van der Waals surface area contributed by atoms with E-state index in [1.165, 1.54) is 12.1 Å². The van der Waals surface area contributed by atoms with Crippen LogP contribution in [0.15, 0.2) is 30.5 Å². The largest absolute Gasteiger partial charge is 0.342 e. The maximum atomic E-state index is 13.0. The number of halogens is 1. The minimum Gasteiger partial charge on any atom is -0.342 e. The van der Waals surface area contributed by atoms with Crippen molar-refractivity contribution in [3.8, 4) is 11.3 Å². The smallest absolute Gasteiger partial charge is 0.222 e. The van der Waals surface area contributed by atoms with Crippen LogP contribution in [0.5, 0.6) is 0 Å². The summed E-state index contributed by atoms with van der Waals surface area (Å²) in [5.74, 6) is 0.367. The Morgan fingerprint density at radius 3 is 2.87 bits per heavy atom. The van der Waals surface area contributed by atoms with Crippen molar-refractivity contribution in [1.29, 1.82) is 0 Å². The SMILES string of the molecule is CCC(=O)N1CCC[C@@H](Cn2cc(-c3ccc(F)cc3)nn2)C1. The minimum atomic E-state index is -0.260. The van der Waals surface area contributed by atoms with Gasteiger partial charge in [0.2, 0.25) is 5.91 Å². The lowest BCUT2D eigenvalue weighted by atomic mass is 9.98. The number of piperidine rings is 1. The first-order valence-corrected chi connectivity index (χ1v) is 8.09.